The molecule has 24 heavy (non-hydrogen) atoms. The van der Waals surface area contributed by atoms with Gasteiger partial charge in [0.25, 0.3) is 0 Å². The number of anilines is 1. The van der Waals surface area contributed by atoms with Crippen molar-refractivity contribution in [3.05, 3.63) is 17.0 Å². The first-order valence-corrected chi connectivity index (χ1v) is 8.33. The van der Waals surface area contributed by atoms with E-state index in [1.54, 1.807) is 0 Å². The zero-order chi connectivity index (χ0) is 17.9. The summed E-state index contributed by atoms with van der Waals surface area (Å²) in [5.41, 5.74) is -0.425. The van der Waals surface area contributed by atoms with E-state index in [-0.39, 0.29) is 22.9 Å². The lowest BCUT2D eigenvalue weighted by atomic mass is 9.87. The molecule has 0 saturated heterocycles. The van der Waals surface area contributed by atoms with Crippen LogP contribution in [0.25, 0.3) is 0 Å². The predicted octanol–water partition coefficient (Wildman–Crippen LogP) is 3.50. The van der Waals surface area contributed by atoms with E-state index in [4.69, 9.17) is 16.9 Å². The maximum Gasteiger partial charge on any atom is 0.408 e. The van der Waals surface area contributed by atoms with Gasteiger partial charge in [-0.3, -0.25) is 4.90 Å². The highest BCUT2D eigenvalue weighted by Gasteiger charge is 2.39. The molecule has 0 radical (unpaired) electrons. The molecule has 0 bridgehead atoms. The van der Waals surface area contributed by atoms with E-state index < -0.39 is 11.6 Å². The van der Waals surface area contributed by atoms with Gasteiger partial charge in [-0.1, -0.05) is 24.4 Å². The quantitative estimate of drug-likeness (QED) is 0.863. The third-order valence-electron chi connectivity index (χ3n) is 4.16. The third kappa shape index (κ3) is 4.06. The molecule has 8 heteroatoms. The van der Waals surface area contributed by atoms with E-state index in [0.29, 0.717) is 5.82 Å². The lowest BCUT2D eigenvalue weighted by Gasteiger charge is -2.45. The number of hydrogen-bond donors (Lipinski definition) is 2. The van der Waals surface area contributed by atoms with Crippen LogP contribution in [-0.4, -0.2) is 43.7 Å². The Kier molecular flexibility index (Phi) is 5.50. The summed E-state index contributed by atoms with van der Waals surface area (Å²) in [6.07, 6.45) is 4.16. The van der Waals surface area contributed by atoms with Gasteiger partial charge in [-0.05, 0) is 33.6 Å². The summed E-state index contributed by atoms with van der Waals surface area (Å²) in [6, 6.07) is 1.63. The van der Waals surface area contributed by atoms with Crippen LogP contribution in [0, 0.1) is 11.3 Å². The van der Waals surface area contributed by atoms with E-state index in [0.717, 1.165) is 25.7 Å². The molecular weight excluding hydrogens is 330 g/mol. The molecule has 0 unspecified atom stereocenters. The van der Waals surface area contributed by atoms with Gasteiger partial charge >= 0.3 is 6.09 Å². The molecule has 1 saturated carbocycles. The first kappa shape index (κ1) is 18.3. The lowest BCUT2D eigenvalue weighted by molar-refractivity contribution is 0.0520. The van der Waals surface area contributed by atoms with Gasteiger partial charge in [-0.15, -0.1) is 0 Å². The van der Waals surface area contributed by atoms with Gasteiger partial charge in [0, 0.05) is 11.6 Å². The second-order valence-electron chi connectivity index (χ2n) is 6.93. The molecular formula is C16H22ClN5O2. The topological polar surface area (TPSA) is 102 Å². The number of rotatable bonds is 3. The minimum absolute atomic E-state index is 0.0424. The SMILES string of the molecule is CC(C)(C)N(C(=O)O)[C@H]1CCCC[C@H]1Nc1cnc(C#N)c(Cl)n1. The number of halogens is 1. The molecule has 1 amide bonds. The molecule has 130 valence electrons. The molecule has 1 aliphatic rings. The van der Waals surface area contributed by atoms with Crippen molar-refractivity contribution in [2.45, 2.75) is 64.1 Å². The number of nitrogens with one attached hydrogen (secondary N) is 1. The Bertz CT molecular complexity index is 653. The van der Waals surface area contributed by atoms with E-state index in [1.165, 1.54) is 11.1 Å². The maximum atomic E-state index is 11.8. The van der Waals surface area contributed by atoms with Crippen LogP contribution in [-0.2, 0) is 0 Å². The molecule has 7 nitrogen and oxygen atoms in total. The first-order valence-electron chi connectivity index (χ1n) is 7.95. The maximum absolute atomic E-state index is 11.8. The average molecular weight is 352 g/mol. The normalized spacial score (nSPS) is 21.0. The second-order valence-corrected chi connectivity index (χ2v) is 7.29. The van der Waals surface area contributed by atoms with E-state index >= 15 is 0 Å². The molecule has 1 heterocycles. The number of nitrogens with zero attached hydrogens (tertiary/aromatic N) is 4. The van der Waals surface area contributed by atoms with E-state index in [2.05, 4.69) is 15.3 Å². The largest absolute Gasteiger partial charge is 0.465 e. The minimum atomic E-state index is -0.926. The molecule has 0 aliphatic heterocycles. The average Bonchev–Trinajstić information content (AvgIpc) is 2.47. The smallest absolute Gasteiger partial charge is 0.408 e. The van der Waals surface area contributed by atoms with Crippen LogP contribution in [0.15, 0.2) is 6.20 Å². The van der Waals surface area contributed by atoms with Crippen molar-refractivity contribution in [3.8, 4) is 6.07 Å². The molecule has 1 aromatic heterocycles. The molecule has 2 N–H and O–H groups in total. The number of hydrogen-bond acceptors (Lipinski definition) is 5. The summed E-state index contributed by atoms with van der Waals surface area (Å²) < 4.78 is 0. The Morgan fingerprint density at radius 3 is 2.67 bits per heavy atom. The Labute approximate surface area is 146 Å². The van der Waals surface area contributed by atoms with Crippen molar-refractivity contribution in [3.63, 3.8) is 0 Å². The van der Waals surface area contributed by atoms with Crippen LogP contribution < -0.4 is 5.32 Å². The van der Waals surface area contributed by atoms with Crippen LogP contribution in [0.3, 0.4) is 0 Å². The van der Waals surface area contributed by atoms with Crippen LogP contribution >= 0.6 is 11.6 Å². The summed E-state index contributed by atoms with van der Waals surface area (Å²) in [4.78, 5) is 21.4. The Hall–Kier alpha value is -2.07. The highest BCUT2D eigenvalue weighted by molar-refractivity contribution is 6.30. The fourth-order valence-corrected chi connectivity index (χ4v) is 3.40. The Morgan fingerprint density at radius 1 is 1.46 bits per heavy atom. The summed E-state index contributed by atoms with van der Waals surface area (Å²) in [6.45, 7) is 5.68. The highest BCUT2D eigenvalue weighted by atomic mass is 35.5. The van der Waals surface area contributed by atoms with Gasteiger partial charge in [0.05, 0.1) is 12.2 Å². The van der Waals surface area contributed by atoms with Crippen LogP contribution in [0.5, 0.6) is 0 Å². The number of nitriles is 1. The van der Waals surface area contributed by atoms with Crippen molar-refractivity contribution >= 4 is 23.5 Å². The molecule has 0 aromatic carbocycles. The summed E-state index contributed by atoms with van der Waals surface area (Å²) in [5.74, 6) is 0.454. The molecule has 1 aromatic rings. The first-order chi connectivity index (χ1) is 11.2. The van der Waals surface area contributed by atoms with Gasteiger partial charge in [-0.2, -0.15) is 5.26 Å². The van der Waals surface area contributed by atoms with Gasteiger partial charge in [0.1, 0.15) is 11.9 Å². The molecule has 1 aliphatic carbocycles. The predicted molar refractivity (Wildman–Crippen MR) is 91.0 cm³/mol. The Balaban J connectivity index is 2.25. The molecule has 2 atom stereocenters. The van der Waals surface area contributed by atoms with Gasteiger partial charge in [-0.25, -0.2) is 14.8 Å². The molecule has 2 rings (SSSR count). The standard InChI is InChI=1S/C16H22ClN5O2/c1-16(2,3)22(15(23)24)12-7-5-4-6-10(12)20-13-9-19-11(8-18)14(17)21-13/h9-10,12H,4-7H2,1-3H3,(H,20,21)(H,23,24)/t10-,12+/m1/s1. The number of aromatic nitrogens is 2. The van der Waals surface area contributed by atoms with Gasteiger partial charge < -0.3 is 10.4 Å². The minimum Gasteiger partial charge on any atom is -0.465 e. The van der Waals surface area contributed by atoms with Crippen molar-refractivity contribution in [1.82, 2.24) is 14.9 Å². The Morgan fingerprint density at radius 2 is 2.12 bits per heavy atom. The van der Waals surface area contributed by atoms with Crippen molar-refractivity contribution in [2.24, 2.45) is 0 Å². The van der Waals surface area contributed by atoms with E-state index in [1.807, 2.05) is 26.8 Å². The van der Waals surface area contributed by atoms with Crippen molar-refractivity contribution in [2.75, 3.05) is 5.32 Å². The van der Waals surface area contributed by atoms with E-state index in [9.17, 15) is 9.90 Å². The summed E-state index contributed by atoms with van der Waals surface area (Å²) in [5, 5.41) is 21.8. The summed E-state index contributed by atoms with van der Waals surface area (Å²) >= 11 is 5.93. The monoisotopic (exact) mass is 351 g/mol. The second kappa shape index (κ2) is 7.22. The zero-order valence-electron chi connectivity index (χ0n) is 14.1. The van der Waals surface area contributed by atoms with Crippen LogP contribution in [0.1, 0.15) is 52.1 Å². The fraction of sp³-hybridized carbons (Fsp3) is 0.625. The molecule has 0 spiro atoms. The van der Waals surface area contributed by atoms with Crippen molar-refractivity contribution < 1.29 is 9.90 Å². The van der Waals surface area contributed by atoms with Gasteiger partial charge in [0.15, 0.2) is 10.8 Å². The molecule has 1 fully saturated rings. The lowest BCUT2D eigenvalue weighted by Crippen LogP contribution is -2.58. The summed E-state index contributed by atoms with van der Waals surface area (Å²) in [7, 11) is 0. The number of amides is 1. The number of carbonyl (C=O) groups is 1. The van der Waals surface area contributed by atoms with Gasteiger partial charge in [0.2, 0.25) is 0 Å². The van der Waals surface area contributed by atoms with Crippen LogP contribution in [0.4, 0.5) is 10.6 Å². The fourth-order valence-electron chi connectivity index (χ4n) is 3.22. The number of carboxylic acid groups (broad SMARTS) is 1. The third-order valence-corrected chi connectivity index (χ3v) is 4.42. The van der Waals surface area contributed by atoms with Crippen LogP contribution in [0.2, 0.25) is 5.15 Å². The zero-order valence-corrected chi connectivity index (χ0v) is 14.8. The highest BCUT2D eigenvalue weighted by Crippen LogP contribution is 2.30. The van der Waals surface area contributed by atoms with Crippen molar-refractivity contribution in [1.29, 1.82) is 5.26 Å².